The van der Waals surface area contributed by atoms with Crippen LogP contribution in [0.15, 0.2) is 83.3 Å². The third-order valence-corrected chi connectivity index (χ3v) is 4.75. The number of ether oxygens (including phenoxy) is 1. The molecule has 132 valence electrons. The van der Waals surface area contributed by atoms with Gasteiger partial charge in [0.15, 0.2) is 0 Å². The fourth-order valence-electron chi connectivity index (χ4n) is 2.58. The minimum Gasteiger partial charge on any atom is -0.488 e. The summed E-state index contributed by atoms with van der Waals surface area (Å²) >= 11 is 3.46. The highest BCUT2D eigenvalue weighted by atomic mass is 79.9. The van der Waals surface area contributed by atoms with Crippen LogP contribution in [0, 0.1) is 0 Å². The quantitative estimate of drug-likeness (QED) is 0.581. The van der Waals surface area contributed by atoms with Gasteiger partial charge in [-0.3, -0.25) is 4.79 Å². The van der Waals surface area contributed by atoms with E-state index in [0.29, 0.717) is 12.2 Å². The van der Waals surface area contributed by atoms with Crippen LogP contribution >= 0.6 is 15.9 Å². The predicted octanol–water partition coefficient (Wildman–Crippen LogP) is 5.52. The summed E-state index contributed by atoms with van der Waals surface area (Å²) in [6.07, 6.45) is 0. The van der Waals surface area contributed by atoms with Crippen molar-refractivity contribution in [3.63, 3.8) is 0 Å². The number of para-hydroxylation sites is 1. The molecule has 0 saturated heterocycles. The maximum Gasteiger partial charge on any atom is 0.251 e. The Kier molecular flexibility index (Phi) is 6.08. The van der Waals surface area contributed by atoms with Crippen LogP contribution in [-0.4, -0.2) is 5.91 Å². The van der Waals surface area contributed by atoms with Crippen molar-refractivity contribution in [1.29, 1.82) is 0 Å². The van der Waals surface area contributed by atoms with Gasteiger partial charge < -0.3 is 10.1 Å². The first kappa shape index (κ1) is 18.2. The Morgan fingerprint density at radius 2 is 1.62 bits per heavy atom. The minimum atomic E-state index is -0.0837. The monoisotopic (exact) mass is 409 g/mol. The molecule has 1 atom stereocenters. The number of benzene rings is 3. The summed E-state index contributed by atoms with van der Waals surface area (Å²) in [5.74, 6) is 0.714. The van der Waals surface area contributed by atoms with Gasteiger partial charge in [-0.05, 0) is 58.2 Å². The average molecular weight is 410 g/mol. The maximum atomic E-state index is 12.4. The third kappa shape index (κ3) is 4.73. The molecule has 0 unspecified atom stereocenters. The van der Waals surface area contributed by atoms with Crippen LogP contribution in [0.3, 0.4) is 0 Å². The predicted molar refractivity (Wildman–Crippen MR) is 107 cm³/mol. The van der Waals surface area contributed by atoms with Gasteiger partial charge in [0.2, 0.25) is 0 Å². The molecule has 0 aliphatic rings. The number of amides is 1. The molecule has 0 aromatic heterocycles. The van der Waals surface area contributed by atoms with E-state index in [1.807, 2.05) is 85.8 Å². The molecule has 1 N–H and O–H groups in total. The van der Waals surface area contributed by atoms with Gasteiger partial charge in [0.25, 0.3) is 5.91 Å². The smallest absolute Gasteiger partial charge is 0.251 e. The second kappa shape index (κ2) is 8.68. The molecule has 3 rings (SSSR count). The topological polar surface area (TPSA) is 38.3 Å². The van der Waals surface area contributed by atoms with Gasteiger partial charge in [-0.1, -0.05) is 54.6 Å². The Labute approximate surface area is 162 Å². The highest BCUT2D eigenvalue weighted by molar-refractivity contribution is 9.10. The molecule has 0 aliphatic heterocycles. The number of carbonyl (C=O) groups excluding carboxylic acids is 1. The van der Waals surface area contributed by atoms with E-state index >= 15 is 0 Å². The average Bonchev–Trinajstić information content (AvgIpc) is 2.68. The van der Waals surface area contributed by atoms with Crippen LogP contribution < -0.4 is 10.1 Å². The number of halogens is 1. The van der Waals surface area contributed by atoms with Gasteiger partial charge in [0.1, 0.15) is 12.4 Å². The van der Waals surface area contributed by atoms with Crippen molar-refractivity contribution in [3.8, 4) is 5.75 Å². The van der Waals surface area contributed by atoms with Crippen LogP contribution in [-0.2, 0) is 6.61 Å². The summed E-state index contributed by atoms with van der Waals surface area (Å²) in [6, 6.07) is 25.1. The number of nitrogens with one attached hydrogen (secondary N) is 1. The van der Waals surface area contributed by atoms with E-state index in [2.05, 4.69) is 21.2 Å². The standard InChI is InChI=1S/C22H20BrNO2/c1-16(18-7-3-2-4-8-18)24-22(25)19-13-11-17(12-14-19)15-26-21-10-6-5-9-20(21)23/h2-14,16H,15H2,1H3,(H,24,25)/t16-/m0/s1. The number of carbonyl (C=O) groups is 1. The second-order valence-electron chi connectivity index (χ2n) is 6.02. The van der Waals surface area contributed by atoms with Gasteiger partial charge in [0.05, 0.1) is 10.5 Å². The van der Waals surface area contributed by atoms with Gasteiger partial charge >= 0.3 is 0 Å². The largest absolute Gasteiger partial charge is 0.488 e. The molecule has 0 radical (unpaired) electrons. The Bertz CT molecular complexity index is 863. The van der Waals surface area contributed by atoms with E-state index in [-0.39, 0.29) is 11.9 Å². The Morgan fingerprint density at radius 3 is 2.31 bits per heavy atom. The summed E-state index contributed by atoms with van der Waals surface area (Å²) in [6.45, 7) is 2.43. The SMILES string of the molecule is C[C@H](NC(=O)c1ccc(COc2ccccc2Br)cc1)c1ccccc1. The summed E-state index contributed by atoms with van der Waals surface area (Å²) < 4.78 is 6.72. The van der Waals surface area contributed by atoms with Crippen molar-refractivity contribution >= 4 is 21.8 Å². The lowest BCUT2D eigenvalue weighted by Crippen LogP contribution is -2.26. The van der Waals surface area contributed by atoms with Crippen LogP contribution in [0.5, 0.6) is 5.75 Å². The molecule has 0 aliphatic carbocycles. The Morgan fingerprint density at radius 1 is 0.962 bits per heavy atom. The van der Waals surface area contributed by atoms with E-state index in [4.69, 9.17) is 4.74 Å². The number of rotatable bonds is 6. The first-order valence-corrected chi connectivity index (χ1v) is 9.25. The molecule has 3 aromatic rings. The van der Waals surface area contributed by atoms with Gasteiger partial charge in [-0.2, -0.15) is 0 Å². The van der Waals surface area contributed by atoms with Crippen LogP contribution in [0.2, 0.25) is 0 Å². The molecular formula is C22H20BrNO2. The fraction of sp³-hybridized carbons (Fsp3) is 0.136. The molecule has 26 heavy (non-hydrogen) atoms. The summed E-state index contributed by atoms with van der Waals surface area (Å²) in [5.41, 5.74) is 2.73. The zero-order chi connectivity index (χ0) is 18.4. The van der Waals surface area contributed by atoms with Crippen molar-refractivity contribution < 1.29 is 9.53 Å². The van der Waals surface area contributed by atoms with Gasteiger partial charge in [-0.15, -0.1) is 0 Å². The van der Waals surface area contributed by atoms with E-state index in [9.17, 15) is 4.79 Å². The molecule has 0 spiro atoms. The zero-order valence-corrected chi connectivity index (χ0v) is 16.1. The molecule has 0 bridgehead atoms. The first-order chi connectivity index (χ1) is 12.6. The normalized spacial score (nSPS) is 11.6. The summed E-state index contributed by atoms with van der Waals surface area (Å²) in [4.78, 5) is 12.4. The fourth-order valence-corrected chi connectivity index (χ4v) is 2.98. The molecule has 1 amide bonds. The molecule has 0 heterocycles. The molecule has 3 nitrogen and oxygen atoms in total. The van der Waals surface area contributed by atoms with Crippen molar-refractivity contribution in [2.75, 3.05) is 0 Å². The Hall–Kier alpha value is -2.59. The highest BCUT2D eigenvalue weighted by Gasteiger charge is 2.11. The Balaban J connectivity index is 1.58. The van der Waals surface area contributed by atoms with Crippen molar-refractivity contribution in [2.45, 2.75) is 19.6 Å². The van der Waals surface area contributed by atoms with Crippen molar-refractivity contribution in [1.82, 2.24) is 5.32 Å². The maximum absolute atomic E-state index is 12.4. The molecule has 0 saturated carbocycles. The van der Waals surface area contributed by atoms with Crippen molar-refractivity contribution in [3.05, 3.63) is 100 Å². The van der Waals surface area contributed by atoms with Crippen LogP contribution in [0.4, 0.5) is 0 Å². The van der Waals surface area contributed by atoms with Crippen LogP contribution in [0.25, 0.3) is 0 Å². The van der Waals surface area contributed by atoms with E-state index < -0.39 is 0 Å². The van der Waals surface area contributed by atoms with E-state index in [1.54, 1.807) is 0 Å². The summed E-state index contributed by atoms with van der Waals surface area (Å²) in [7, 11) is 0. The zero-order valence-electron chi connectivity index (χ0n) is 14.5. The summed E-state index contributed by atoms with van der Waals surface area (Å²) in [5, 5.41) is 3.02. The van der Waals surface area contributed by atoms with E-state index in [1.165, 1.54) is 0 Å². The second-order valence-corrected chi connectivity index (χ2v) is 6.88. The van der Waals surface area contributed by atoms with Gasteiger partial charge in [-0.25, -0.2) is 0 Å². The first-order valence-electron chi connectivity index (χ1n) is 8.45. The van der Waals surface area contributed by atoms with Crippen molar-refractivity contribution in [2.24, 2.45) is 0 Å². The molecular weight excluding hydrogens is 390 g/mol. The highest BCUT2D eigenvalue weighted by Crippen LogP contribution is 2.24. The molecule has 4 heteroatoms. The number of hydrogen-bond donors (Lipinski definition) is 1. The molecule has 0 fully saturated rings. The van der Waals surface area contributed by atoms with E-state index in [0.717, 1.165) is 21.3 Å². The lowest BCUT2D eigenvalue weighted by atomic mass is 10.1. The van der Waals surface area contributed by atoms with Crippen LogP contribution in [0.1, 0.15) is 34.5 Å². The molecule has 3 aromatic carbocycles. The lowest BCUT2D eigenvalue weighted by Gasteiger charge is -2.14. The van der Waals surface area contributed by atoms with Gasteiger partial charge in [0, 0.05) is 5.56 Å². The number of hydrogen-bond acceptors (Lipinski definition) is 2. The lowest BCUT2D eigenvalue weighted by molar-refractivity contribution is 0.0940. The minimum absolute atomic E-state index is 0.0397. The third-order valence-electron chi connectivity index (χ3n) is 4.09.